The number of nitrogens with one attached hydrogen (secondary N) is 1. The summed E-state index contributed by atoms with van der Waals surface area (Å²) in [5.41, 5.74) is 1.81. The molecule has 1 atom stereocenters. The summed E-state index contributed by atoms with van der Waals surface area (Å²) in [4.78, 5) is 2.49. The average Bonchev–Trinajstić information content (AvgIpc) is 3.10. The molecule has 1 N–H and O–H groups in total. The molecule has 0 saturated carbocycles. The summed E-state index contributed by atoms with van der Waals surface area (Å²) in [6, 6.07) is 5.22. The van der Waals surface area contributed by atoms with E-state index in [2.05, 4.69) is 10.2 Å². The Morgan fingerprint density at radius 2 is 2.08 bits per heavy atom. The van der Waals surface area contributed by atoms with Crippen LogP contribution in [0, 0.1) is 16.9 Å². The molecule has 1 spiro atoms. The molecule has 3 fully saturated rings. The van der Waals surface area contributed by atoms with Crippen LogP contribution >= 0.6 is 11.3 Å². The molecular formula is C18H18F2N2OS. The third kappa shape index (κ3) is 2.16. The van der Waals surface area contributed by atoms with Crippen LogP contribution in [0.5, 0.6) is 0 Å². The van der Waals surface area contributed by atoms with Crippen LogP contribution in [0.25, 0.3) is 10.1 Å². The van der Waals surface area contributed by atoms with Gasteiger partial charge in [-0.3, -0.25) is 4.90 Å². The van der Waals surface area contributed by atoms with Crippen LogP contribution in [0.4, 0.5) is 14.5 Å². The van der Waals surface area contributed by atoms with Gasteiger partial charge in [0, 0.05) is 34.7 Å². The Kier molecular flexibility index (Phi) is 3.16. The van der Waals surface area contributed by atoms with Crippen LogP contribution in [-0.4, -0.2) is 30.1 Å². The number of nitrogens with zero attached hydrogens (tertiary/aromatic N) is 1. The Bertz CT molecular complexity index is 841. The first-order valence-electron chi connectivity index (χ1n) is 8.37. The molecule has 0 amide bonds. The highest BCUT2D eigenvalue weighted by Gasteiger charge is 2.50. The van der Waals surface area contributed by atoms with Crippen molar-refractivity contribution >= 4 is 27.1 Å². The topological polar surface area (TPSA) is 24.5 Å². The van der Waals surface area contributed by atoms with Crippen molar-refractivity contribution in [2.45, 2.75) is 24.9 Å². The van der Waals surface area contributed by atoms with E-state index in [1.807, 2.05) is 6.26 Å². The minimum Gasteiger partial charge on any atom is -0.491 e. The molecule has 2 aromatic rings. The van der Waals surface area contributed by atoms with Crippen molar-refractivity contribution in [1.29, 1.82) is 0 Å². The monoisotopic (exact) mass is 348 g/mol. The zero-order chi connectivity index (χ0) is 16.3. The number of fused-ring (bicyclic) bond motifs is 3. The Balaban J connectivity index is 1.35. The minimum absolute atomic E-state index is 0.0793. The van der Waals surface area contributed by atoms with E-state index >= 15 is 0 Å². The SMILES string of the molecule is Fc1sc2cc(NC3=CO[C@@]4(C3)CN3CCC4CC3)ccc2c1F. The summed E-state index contributed by atoms with van der Waals surface area (Å²) in [5, 5.41) is 2.96. The quantitative estimate of drug-likeness (QED) is 0.875. The molecule has 1 aromatic carbocycles. The van der Waals surface area contributed by atoms with Gasteiger partial charge in [-0.05, 0) is 44.1 Å². The number of benzene rings is 1. The van der Waals surface area contributed by atoms with Gasteiger partial charge in [-0.25, -0.2) is 4.39 Å². The first kappa shape index (κ1) is 14.7. The zero-order valence-electron chi connectivity index (χ0n) is 13.1. The average molecular weight is 348 g/mol. The summed E-state index contributed by atoms with van der Waals surface area (Å²) in [6.07, 6.45) is 5.13. The number of thiophene rings is 1. The summed E-state index contributed by atoms with van der Waals surface area (Å²) in [7, 11) is 0. The number of halogens is 2. The number of rotatable bonds is 2. The highest BCUT2D eigenvalue weighted by atomic mass is 32.1. The van der Waals surface area contributed by atoms with E-state index in [1.165, 1.54) is 25.9 Å². The normalized spacial score (nSPS) is 31.5. The Hall–Kier alpha value is -1.66. The van der Waals surface area contributed by atoms with Crippen molar-refractivity contribution in [2.75, 3.05) is 25.0 Å². The van der Waals surface area contributed by atoms with Crippen LogP contribution in [0.3, 0.4) is 0 Å². The number of ether oxygens (including phenoxy) is 1. The highest BCUT2D eigenvalue weighted by molar-refractivity contribution is 7.17. The fourth-order valence-corrected chi connectivity index (χ4v) is 5.27. The van der Waals surface area contributed by atoms with Gasteiger partial charge >= 0.3 is 0 Å². The largest absolute Gasteiger partial charge is 0.491 e. The van der Waals surface area contributed by atoms with Gasteiger partial charge in [0.15, 0.2) is 5.82 Å². The maximum absolute atomic E-state index is 13.6. The van der Waals surface area contributed by atoms with Gasteiger partial charge in [-0.1, -0.05) is 0 Å². The molecule has 3 nitrogen and oxygen atoms in total. The Labute approximate surface area is 142 Å². The lowest BCUT2D eigenvalue weighted by atomic mass is 9.73. The lowest BCUT2D eigenvalue weighted by Gasteiger charge is -2.50. The first-order valence-corrected chi connectivity index (χ1v) is 9.18. The minimum atomic E-state index is -0.754. The van der Waals surface area contributed by atoms with Crippen LogP contribution < -0.4 is 5.32 Å². The summed E-state index contributed by atoms with van der Waals surface area (Å²) in [6.45, 7) is 3.37. The second kappa shape index (κ2) is 5.17. The lowest BCUT2D eigenvalue weighted by molar-refractivity contribution is -0.105. The molecule has 6 heteroatoms. The second-order valence-corrected chi connectivity index (χ2v) is 8.08. The predicted molar refractivity (Wildman–Crippen MR) is 91.0 cm³/mol. The molecule has 0 aliphatic carbocycles. The predicted octanol–water partition coefficient (Wildman–Crippen LogP) is 4.32. The summed E-state index contributed by atoms with van der Waals surface area (Å²) in [5.74, 6) is -0.128. The molecule has 3 saturated heterocycles. The maximum atomic E-state index is 13.6. The highest BCUT2D eigenvalue weighted by Crippen LogP contribution is 2.45. The van der Waals surface area contributed by atoms with Crippen LogP contribution in [-0.2, 0) is 4.74 Å². The van der Waals surface area contributed by atoms with E-state index < -0.39 is 10.9 Å². The molecule has 126 valence electrons. The molecule has 2 bridgehead atoms. The third-order valence-electron chi connectivity index (χ3n) is 5.64. The van der Waals surface area contributed by atoms with E-state index in [9.17, 15) is 8.78 Å². The van der Waals surface area contributed by atoms with Gasteiger partial charge in [0.25, 0.3) is 0 Å². The molecular weight excluding hydrogens is 330 g/mol. The Morgan fingerprint density at radius 1 is 1.25 bits per heavy atom. The third-order valence-corrected chi connectivity index (χ3v) is 6.56. The van der Waals surface area contributed by atoms with Gasteiger partial charge in [0.2, 0.25) is 5.13 Å². The lowest BCUT2D eigenvalue weighted by Crippen LogP contribution is -2.58. The van der Waals surface area contributed by atoms with E-state index in [1.54, 1.807) is 18.2 Å². The first-order chi connectivity index (χ1) is 11.6. The number of hydrogen-bond acceptors (Lipinski definition) is 4. The standard InChI is InChI=1S/C18H18F2N2OS/c19-16-14-2-1-12(7-15(14)24-17(16)20)21-13-8-18(23-9-13)10-22-5-3-11(18)4-6-22/h1-2,7,9,11,21H,3-6,8,10H2/t18-/m0/s1. The zero-order valence-corrected chi connectivity index (χ0v) is 14.0. The fourth-order valence-electron chi connectivity index (χ4n) is 4.42. The number of anilines is 1. The number of piperidine rings is 3. The van der Waals surface area contributed by atoms with Crippen molar-refractivity contribution in [3.8, 4) is 0 Å². The molecule has 24 heavy (non-hydrogen) atoms. The van der Waals surface area contributed by atoms with Gasteiger partial charge in [-0.15, -0.1) is 11.3 Å². The molecule has 0 radical (unpaired) electrons. The van der Waals surface area contributed by atoms with Crippen LogP contribution in [0.1, 0.15) is 19.3 Å². The van der Waals surface area contributed by atoms with Gasteiger partial charge in [-0.2, -0.15) is 4.39 Å². The molecule has 6 rings (SSSR count). The molecule has 5 heterocycles. The van der Waals surface area contributed by atoms with E-state index in [4.69, 9.17) is 4.74 Å². The van der Waals surface area contributed by atoms with Crippen molar-refractivity contribution in [3.05, 3.63) is 41.1 Å². The van der Waals surface area contributed by atoms with Crippen molar-refractivity contribution in [2.24, 2.45) is 5.92 Å². The smallest absolute Gasteiger partial charge is 0.213 e. The van der Waals surface area contributed by atoms with E-state index in [0.717, 1.165) is 35.7 Å². The van der Waals surface area contributed by atoms with E-state index in [-0.39, 0.29) is 5.60 Å². The summed E-state index contributed by atoms with van der Waals surface area (Å²) < 4.78 is 33.7. The maximum Gasteiger partial charge on any atom is 0.213 e. The summed E-state index contributed by atoms with van der Waals surface area (Å²) >= 11 is 0.843. The molecule has 4 aliphatic rings. The van der Waals surface area contributed by atoms with Crippen LogP contribution in [0.2, 0.25) is 0 Å². The molecule has 4 aliphatic heterocycles. The second-order valence-electron chi connectivity index (χ2n) is 7.08. The van der Waals surface area contributed by atoms with Crippen molar-refractivity contribution < 1.29 is 13.5 Å². The fraction of sp³-hybridized carbons (Fsp3) is 0.444. The van der Waals surface area contributed by atoms with E-state index in [0.29, 0.717) is 16.0 Å². The van der Waals surface area contributed by atoms with Crippen molar-refractivity contribution in [3.63, 3.8) is 0 Å². The van der Waals surface area contributed by atoms with Crippen molar-refractivity contribution in [1.82, 2.24) is 4.90 Å². The number of hydrogen-bond donors (Lipinski definition) is 1. The molecule has 0 unspecified atom stereocenters. The van der Waals surface area contributed by atoms with Crippen LogP contribution in [0.15, 0.2) is 30.2 Å². The Morgan fingerprint density at radius 3 is 2.83 bits per heavy atom. The molecule has 1 aromatic heterocycles. The van der Waals surface area contributed by atoms with Gasteiger partial charge in [0.1, 0.15) is 11.9 Å². The van der Waals surface area contributed by atoms with Gasteiger partial charge < -0.3 is 10.1 Å². The van der Waals surface area contributed by atoms with Gasteiger partial charge in [0.05, 0.1) is 5.70 Å².